The molecule has 0 heterocycles. The Bertz CT molecular complexity index is 340. The maximum Gasteiger partial charge on any atom is 0.0203 e. The third kappa shape index (κ3) is 5.54. The Morgan fingerprint density at radius 1 is 0.952 bits per heavy atom. The van der Waals surface area contributed by atoms with Gasteiger partial charge in [0.2, 0.25) is 0 Å². The van der Waals surface area contributed by atoms with Crippen molar-refractivity contribution in [2.24, 2.45) is 23.7 Å². The van der Waals surface area contributed by atoms with Crippen LogP contribution in [0, 0.1) is 35.5 Å². The van der Waals surface area contributed by atoms with Crippen LogP contribution in [0.25, 0.3) is 0 Å². The Balaban J connectivity index is 1.65. The molecule has 0 spiro atoms. The highest BCUT2D eigenvalue weighted by molar-refractivity contribution is 5.04. The molecule has 0 aliphatic heterocycles. The van der Waals surface area contributed by atoms with E-state index in [0.717, 1.165) is 30.1 Å². The maximum atomic E-state index is 3.83. The van der Waals surface area contributed by atoms with E-state index in [0.29, 0.717) is 0 Å². The molecular weight excluding hydrogens is 252 g/mol. The van der Waals surface area contributed by atoms with E-state index in [-0.39, 0.29) is 0 Å². The van der Waals surface area contributed by atoms with E-state index in [1.807, 2.05) is 0 Å². The van der Waals surface area contributed by atoms with Gasteiger partial charge in [0.25, 0.3) is 0 Å². The van der Waals surface area contributed by atoms with Crippen molar-refractivity contribution in [3.8, 4) is 11.8 Å². The molecule has 0 unspecified atom stereocenters. The zero-order chi connectivity index (χ0) is 14.9. The van der Waals surface area contributed by atoms with Crippen molar-refractivity contribution in [2.45, 2.75) is 84.0 Å². The molecule has 0 aromatic heterocycles. The molecule has 2 rings (SSSR count). The molecule has 0 amide bonds. The van der Waals surface area contributed by atoms with Crippen molar-refractivity contribution in [3.05, 3.63) is 12.7 Å². The highest BCUT2D eigenvalue weighted by atomic mass is 14.3. The average Bonchev–Trinajstić information content (AvgIpc) is 2.54. The predicted molar refractivity (Wildman–Crippen MR) is 93.0 cm³/mol. The zero-order valence-corrected chi connectivity index (χ0v) is 14.1. The molecule has 0 radical (unpaired) electrons. The van der Waals surface area contributed by atoms with Crippen molar-refractivity contribution in [1.29, 1.82) is 0 Å². The lowest BCUT2D eigenvalue weighted by Crippen LogP contribution is -2.25. The molecule has 21 heavy (non-hydrogen) atoms. The molecule has 0 nitrogen and oxygen atoms in total. The zero-order valence-electron chi connectivity index (χ0n) is 14.1. The van der Waals surface area contributed by atoms with E-state index in [4.69, 9.17) is 0 Å². The first-order valence-corrected chi connectivity index (χ1v) is 9.42. The van der Waals surface area contributed by atoms with Gasteiger partial charge in [-0.15, -0.1) is 12.5 Å². The Morgan fingerprint density at radius 3 is 2.14 bits per heavy atom. The molecule has 0 saturated heterocycles. The summed E-state index contributed by atoms with van der Waals surface area (Å²) in [5.41, 5.74) is 0. The van der Waals surface area contributed by atoms with Crippen LogP contribution in [0.4, 0.5) is 0 Å². The van der Waals surface area contributed by atoms with Crippen LogP contribution >= 0.6 is 0 Å². The van der Waals surface area contributed by atoms with E-state index < -0.39 is 0 Å². The summed E-state index contributed by atoms with van der Waals surface area (Å²) in [7, 11) is 0. The summed E-state index contributed by atoms with van der Waals surface area (Å²) in [5, 5.41) is 0. The van der Waals surface area contributed by atoms with Gasteiger partial charge in [-0.3, -0.25) is 0 Å². The Kier molecular flexibility index (Phi) is 7.42. The van der Waals surface area contributed by atoms with Gasteiger partial charge < -0.3 is 0 Å². The second-order valence-electron chi connectivity index (χ2n) is 7.29. The summed E-state index contributed by atoms with van der Waals surface area (Å²) >= 11 is 0. The lowest BCUT2D eigenvalue weighted by atomic mass is 9.69. The summed E-state index contributed by atoms with van der Waals surface area (Å²) in [6.45, 7) is 5.99. The second-order valence-corrected chi connectivity index (χ2v) is 7.29. The Morgan fingerprint density at radius 2 is 1.57 bits per heavy atom. The van der Waals surface area contributed by atoms with Crippen LogP contribution in [0.2, 0.25) is 0 Å². The van der Waals surface area contributed by atoms with Gasteiger partial charge in [-0.1, -0.05) is 38.2 Å². The molecule has 0 aromatic carbocycles. The predicted octanol–water partition coefficient (Wildman–Crippen LogP) is 6.37. The van der Waals surface area contributed by atoms with Crippen molar-refractivity contribution < 1.29 is 0 Å². The smallest absolute Gasteiger partial charge is 0.0203 e. The summed E-state index contributed by atoms with van der Waals surface area (Å²) in [4.78, 5) is 0. The van der Waals surface area contributed by atoms with Crippen LogP contribution in [0.3, 0.4) is 0 Å². The fourth-order valence-corrected chi connectivity index (χ4v) is 4.48. The van der Waals surface area contributed by atoms with Crippen molar-refractivity contribution >= 4 is 0 Å². The van der Waals surface area contributed by atoms with E-state index in [2.05, 4.69) is 31.4 Å². The highest BCUT2D eigenvalue weighted by Crippen LogP contribution is 2.42. The van der Waals surface area contributed by atoms with Crippen LogP contribution in [0.15, 0.2) is 12.7 Å². The van der Waals surface area contributed by atoms with Crippen LogP contribution in [0.1, 0.15) is 84.0 Å². The standard InChI is InChI=1S/C21H34/c1-3-5-7-9-19-12-16-21(17-13-19)20-14-10-18(11-15-20)8-6-4-2/h3,18-21H,1,4-5,7,9-17H2,2H3. The number of hydrogen-bond donors (Lipinski definition) is 0. The average molecular weight is 287 g/mol. The molecule has 2 aliphatic carbocycles. The largest absolute Gasteiger partial charge is 0.103 e. The summed E-state index contributed by atoms with van der Waals surface area (Å²) in [6.07, 6.45) is 18.8. The molecule has 0 N–H and O–H groups in total. The van der Waals surface area contributed by atoms with Crippen LogP contribution in [-0.4, -0.2) is 0 Å². The van der Waals surface area contributed by atoms with Gasteiger partial charge in [0, 0.05) is 12.3 Å². The van der Waals surface area contributed by atoms with Gasteiger partial charge in [0.1, 0.15) is 0 Å². The molecule has 2 aliphatic rings. The van der Waals surface area contributed by atoms with Gasteiger partial charge in [0.15, 0.2) is 0 Å². The molecule has 0 atom stereocenters. The Labute approximate surface area is 132 Å². The quantitative estimate of drug-likeness (QED) is 0.313. The minimum Gasteiger partial charge on any atom is -0.103 e. The second kappa shape index (κ2) is 9.34. The SMILES string of the molecule is C=CCCCC1CCC(C2CCC(C#CCC)CC2)CC1. The van der Waals surface area contributed by atoms with Crippen molar-refractivity contribution in [1.82, 2.24) is 0 Å². The maximum absolute atomic E-state index is 3.83. The minimum absolute atomic E-state index is 0.719. The first-order chi connectivity index (χ1) is 10.3. The minimum atomic E-state index is 0.719. The lowest BCUT2D eigenvalue weighted by molar-refractivity contribution is 0.153. The van der Waals surface area contributed by atoms with Gasteiger partial charge >= 0.3 is 0 Å². The van der Waals surface area contributed by atoms with Gasteiger partial charge in [0.05, 0.1) is 0 Å². The number of hydrogen-bond acceptors (Lipinski definition) is 0. The van der Waals surface area contributed by atoms with Crippen molar-refractivity contribution in [2.75, 3.05) is 0 Å². The normalized spacial score (nSPS) is 33.0. The number of unbranched alkanes of at least 4 members (excludes halogenated alkanes) is 1. The molecule has 2 saturated carbocycles. The summed E-state index contributed by atoms with van der Waals surface area (Å²) in [6, 6.07) is 0. The third-order valence-corrected chi connectivity index (χ3v) is 5.83. The van der Waals surface area contributed by atoms with Crippen LogP contribution in [0.5, 0.6) is 0 Å². The summed E-state index contributed by atoms with van der Waals surface area (Å²) in [5.74, 6) is 10.6. The van der Waals surface area contributed by atoms with Gasteiger partial charge in [-0.05, 0) is 69.1 Å². The lowest BCUT2D eigenvalue weighted by Gasteiger charge is -2.37. The fourth-order valence-electron chi connectivity index (χ4n) is 4.48. The highest BCUT2D eigenvalue weighted by Gasteiger charge is 2.30. The molecule has 0 heteroatoms. The monoisotopic (exact) mass is 286 g/mol. The summed E-state index contributed by atoms with van der Waals surface area (Å²) < 4.78 is 0. The number of rotatable bonds is 5. The van der Waals surface area contributed by atoms with E-state index in [9.17, 15) is 0 Å². The first-order valence-electron chi connectivity index (χ1n) is 9.42. The molecular formula is C21H34. The molecule has 0 bridgehead atoms. The molecule has 0 aromatic rings. The van der Waals surface area contributed by atoms with E-state index in [1.165, 1.54) is 70.6 Å². The van der Waals surface area contributed by atoms with Gasteiger partial charge in [-0.25, -0.2) is 0 Å². The first kappa shape index (κ1) is 16.7. The topological polar surface area (TPSA) is 0 Å². The number of allylic oxidation sites excluding steroid dienone is 1. The van der Waals surface area contributed by atoms with Crippen LogP contribution < -0.4 is 0 Å². The van der Waals surface area contributed by atoms with Gasteiger partial charge in [-0.2, -0.15) is 0 Å². The Hall–Kier alpha value is -0.700. The molecule has 2 fully saturated rings. The fraction of sp³-hybridized carbons (Fsp3) is 0.810. The van der Waals surface area contributed by atoms with Crippen molar-refractivity contribution in [3.63, 3.8) is 0 Å². The van der Waals surface area contributed by atoms with Crippen LogP contribution in [-0.2, 0) is 0 Å². The molecule has 118 valence electrons. The third-order valence-electron chi connectivity index (χ3n) is 5.83. The van der Waals surface area contributed by atoms with E-state index >= 15 is 0 Å². The van der Waals surface area contributed by atoms with E-state index in [1.54, 1.807) is 0 Å².